The molecule has 5 saturated carbocycles. The van der Waals surface area contributed by atoms with Crippen LogP contribution < -0.4 is 24.8 Å². The number of allylic oxidation sites excluding steroid dienone is 10. The van der Waals surface area contributed by atoms with Crippen LogP contribution in [0.15, 0.2) is 70.9 Å². The molecule has 3 unspecified atom stereocenters. The zero-order valence-corrected chi connectivity index (χ0v) is 38.5. The van der Waals surface area contributed by atoms with Gasteiger partial charge in [-0.3, -0.25) is 6.08 Å². The van der Waals surface area contributed by atoms with Crippen molar-refractivity contribution < 1.29 is 49.0 Å². The van der Waals surface area contributed by atoms with Crippen molar-refractivity contribution >= 4 is 8.78 Å². The zero-order valence-electron chi connectivity index (χ0n) is 34.5. The first kappa shape index (κ1) is 42.3. The Morgan fingerprint density at radius 3 is 1.98 bits per heavy atom. The van der Waals surface area contributed by atoms with Crippen LogP contribution in [0, 0.1) is 74.6 Å². The van der Waals surface area contributed by atoms with Crippen LogP contribution in [0.1, 0.15) is 139 Å². The number of fused-ring (bicyclic) bond motifs is 6. The molecule has 0 nitrogen and oxygen atoms in total. The van der Waals surface area contributed by atoms with Crippen molar-refractivity contribution in [2.45, 2.75) is 134 Å². The standard InChI is InChI=1S/C29H37.C17H23.C3H6.2ClH.Zr/c1-18-25-22-17-19-13-9-10-14-20(19)24(22)21-15-11-12-16-23(21)29(25,8)28(6,7)27(4,5)26(18,2)3;1-11-3-4-14(5-11)17(2)15-7-12-6-13(9-15)10-16(17)8-12;1-3-2;;;/h9-11,13-15,23H,12,16-17H2,1-8H3;4-5,11-13,15-16H,6-10H2,1-2H3;1-2H3;2*1H;/q2*-1;;;;+2/p-2. The predicted molar refractivity (Wildman–Crippen MR) is 211 cm³/mol. The van der Waals surface area contributed by atoms with Gasteiger partial charge >= 0.3 is 41.3 Å². The molecule has 4 bridgehead atoms. The summed E-state index contributed by atoms with van der Waals surface area (Å²) in [6.45, 7) is 29.4. The summed E-state index contributed by atoms with van der Waals surface area (Å²) >= 11 is 1.55. The van der Waals surface area contributed by atoms with E-state index in [9.17, 15) is 0 Å². The molecule has 1 aromatic carbocycles. The normalized spacial score (nSPS) is 37.2. The Balaban J connectivity index is 0.000000193. The molecule has 0 heterocycles. The van der Waals surface area contributed by atoms with E-state index in [-0.39, 0.29) is 46.5 Å². The van der Waals surface area contributed by atoms with E-state index in [1.807, 2.05) is 0 Å². The first-order chi connectivity index (χ1) is 23.4. The fraction of sp³-hybridized carbons (Fsp3) is 0.633. The molecule has 52 heavy (non-hydrogen) atoms. The maximum Gasteiger partial charge on any atom is -1.00 e. The van der Waals surface area contributed by atoms with Crippen LogP contribution in [0.5, 0.6) is 0 Å². The minimum atomic E-state index is 0. The predicted octanol–water partition coefficient (Wildman–Crippen LogP) is 7.10. The summed E-state index contributed by atoms with van der Waals surface area (Å²) in [5.41, 5.74) is 12.4. The molecular weight excluding hydrogens is 751 g/mol. The van der Waals surface area contributed by atoms with E-state index < -0.39 is 0 Å². The monoisotopic (exact) mass is 814 g/mol. The average Bonchev–Trinajstić information content (AvgIpc) is 3.66. The van der Waals surface area contributed by atoms with E-state index in [0.29, 0.717) is 17.3 Å². The number of hydrogen-bond donors (Lipinski definition) is 0. The van der Waals surface area contributed by atoms with Gasteiger partial charge in [0.25, 0.3) is 0 Å². The van der Waals surface area contributed by atoms with Crippen molar-refractivity contribution in [1.29, 1.82) is 0 Å². The first-order valence-corrected chi connectivity index (χ1v) is 21.5. The van der Waals surface area contributed by atoms with Gasteiger partial charge in [0.2, 0.25) is 0 Å². The number of rotatable bonds is 1. The molecule has 9 aliphatic carbocycles. The summed E-state index contributed by atoms with van der Waals surface area (Å²) < 4.78 is 1.51. The fourth-order valence-electron chi connectivity index (χ4n) is 13.1. The van der Waals surface area contributed by atoms with Crippen LogP contribution in [0.4, 0.5) is 0 Å². The minimum absolute atomic E-state index is 0. The summed E-state index contributed by atoms with van der Waals surface area (Å²) in [4.78, 5) is 0. The van der Waals surface area contributed by atoms with Crippen LogP contribution in [-0.2, 0) is 30.7 Å². The SMILES string of the molecule is CC1[C-]=CC(C2(C)C3CC4CC(C3)CC2C4)=C1.C[C-]1C2=C3Cc4ccccc4C3=C3C=CCCC3C2(C)C(C)(C)C(C)(C)C1(C)C.C[C](C)=[Zr+2].[Cl-].[Cl-]. The molecule has 10 rings (SSSR count). The van der Waals surface area contributed by atoms with Crippen LogP contribution >= 0.6 is 0 Å². The van der Waals surface area contributed by atoms with E-state index in [2.05, 4.69) is 138 Å². The molecule has 0 N–H and O–H groups in total. The van der Waals surface area contributed by atoms with Crippen molar-refractivity contribution in [2.75, 3.05) is 0 Å². The molecule has 0 aliphatic heterocycles. The average molecular weight is 817 g/mol. The third kappa shape index (κ3) is 6.05. The third-order valence-electron chi connectivity index (χ3n) is 17.2. The van der Waals surface area contributed by atoms with Gasteiger partial charge < -0.3 is 24.8 Å². The van der Waals surface area contributed by atoms with Crippen LogP contribution in [0.3, 0.4) is 0 Å². The summed E-state index contributed by atoms with van der Waals surface area (Å²) in [5.74, 6) is 6.92. The molecule has 3 heteroatoms. The Hall–Kier alpha value is -0.877. The van der Waals surface area contributed by atoms with E-state index in [4.69, 9.17) is 0 Å². The molecule has 0 amide bonds. The molecular formula is C49H66Cl2Zr-2. The van der Waals surface area contributed by atoms with Crippen molar-refractivity contribution in [3.63, 3.8) is 0 Å². The molecule has 282 valence electrons. The van der Waals surface area contributed by atoms with Gasteiger partial charge in [0, 0.05) is 0 Å². The second kappa shape index (κ2) is 14.6. The minimum Gasteiger partial charge on any atom is -1.00 e. The summed E-state index contributed by atoms with van der Waals surface area (Å²) in [5, 5.41) is 0. The largest absolute Gasteiger partial charge is 1.00 e. The van der Waals surface area contributed by atoms with Gasteiger partial charge in [-0.05, 0) is 96.3 Å². The Bertz CT molecular complexity index is 1690. The Morgan fingerprint density at radius 1 is 0.846 bits per heavy atom. The zero-order chi connectivity index (χ0) is 36.2. The Kier molecular flexibility index (Phi) is 11.8. The number of hydrogen-bond acceptors (Lipinski definition) is 0. The van der Waals surface area contributed by atoms with Crippen molar-refractivity contribution in [3.8, 4) is 0 Å². The van der Waals surface area contributed by atoms with Crippen molar-refractivity contribution in [1.82, 2.24) is 0 Å². The fourth-order valence-corrected chi connectivity index (χ4v) is 13.1. The first-order valence-electron chi connectivity index (χ1n) is 20.3. The second-order valence-electron chi connectivity index (χ2n) is 20.1. The van der Waals surface area contributed by atoms with Crippen LogP contribution in [0.2, 0.25) is 0 Å². The molecule has 0 aromatic heterocycles. The van der Waals surface area contributed by atoms with Gasteiger partial charge in [0.1, 0.15) is 0 Å². The third-order valence-corrected chi connectivity index (χ3v) is 17.2. The molecule has 5 fully saturated rings. The van der Waals surface area contributed by atoms with Gasteiger partial charge in [0.15, 0.2) is 0 Å². The number of halogens is 2. The summed E-state index contributed by atoms with van der Waals surface area (Å²) in [7, 11) is 0. The summed E-state index contributed by atoms with van der Waals surface area (Å²) in [6.07, 6.45) is 24.4. The molecule has 1 aromatic rings. The molecule has 0 saturated heterocycles. The second-order valence-corrected chi connectivity index (χ2v) is 22.5. The van der Waals surface area contributed by atoms with Crippen molar-refractivity contribution in [2.24, 2.45) is 62.6 Å². The smallest absolute Gasteiger partial charge is 1.00 e. The maximum absolute atomic E-state index is 3.49. The van der Waals surface area contributed by atoms with Crippen LogP contribution in [0.25, 0.3) is 5.57 Å². The van der Waals surface area contributed by atoms with E-state index in [1.165, 1.54) is 52.9 Å². The molecule has 0 radical (unpaired) electrons. The topological polar surface area (TPSA) is 0 Å². The van der Waals surface area contributed by atoms with E-state index in [1.54, 1.807) is 64.4 Å². The van der Waals surface area contributed by atoms with Gasteiger partial charge in [-0.2, -0.15) is 22.8 Å². The number of benzene rings is 1. The molecule has 3 atom stereocenters. The van der Waals surface area contributed by atoms with Gasteiger partial charge in [-0.25, -0.2) is 12.0 Å². The Morgan fingerprint density at radius 2 is 1.42 bits per heavy atom. The maximum atomic E-state index is 3.49. The summed E-state index contributed by atoms with van der Waals surface area (Å²) in [6, 6.07) is 9.16. The van der Waals surface area contributed by atoms with Gasteiger partial charge in [-0.15, -0.1) is 6.92 Å². The quantitative estimate of drug-likeness (QED) is 0.266. The molecule has 0 spiro atoms. The van der Waals surface area contributed by atoms with Crippen molar-refractivity contribution in [3.05, 3.63) is 94.0 Å². The van der Waals surface area contributed by atoms with E-state index in [0.717, 1.165) is 30.1 Å². The van der Waals surface area contributed by atoms with Crippen LogP contribution in [-0.4, -0.2) is 3.21 Å². The Labute approximate surface area is 346 Å². The van der Waals surface area contributed by atoms with Gasteiger partial charge in [0.05, 0.1) is 0 Å². The van der Waals surface area contributed by atoms with E-state index >= 15 is 0 Å². The molecule has 9 aliphatic rings. The van der Waals surface area contributed by atoms with Gasteiger partial charge in [-0.1, -0.05) is 139 Å².